The molecule has 3 aromatic rings. The van der Waals surface area contributed by atoms with Crippen LogP contribution in [-0.2, 0) is 4.74 Å². The zero-order valence-electron chi connectivity index (χ0n) is 19.6. The van der Waals surface area contributed by atoms with Crippen LogP contribution in [0.3, 0.4) is 0 Å². The minimum Gasteiger partial charge on any atom is -0.384 e. The predicted molar refractivity (Wildman–Crippen MR) is 139 cm³/mol. The lowest BCUT2D eigenvalue weighted by Crippen LogP contribution is -2.36. The minimum atomic E-state index is -0.176. The van der Waals surface area contributed by atoms with E-state index in [9.17, 15) is 9.59 Å². The molecule has 5 rings (SSSR count). The maximum Gasteiger partial charge on any atom is 0.261 e. The summed E-state index contributed by atoms with van der Waals surface area (Å²) in [5.41, 5.74) is 3.94. The van der Waals surface area contributed by atoms with Crippen LogP contribution < -0.4 is 10.2 Å². The molecule has 7 nitrogen and oxygen atoms in total. The molecule has 35 heavy (non-hydrogen) atoms. The number of amides is 2. The highest BCUT2D eigenvalue weighted by Crippen LogP contribution is 2.28. The van der Waals surface area contributed by atoms with Gasteiger partial charge in [0.2, 0.25) is 0 Å². The Hall–Kier alpha value is -3.16. The quantitative estimate of drug-likeness (QED) is 0.335. The first-order valence-corrected chi connectivity index (χ1v) is 12.6. The number of aromatic nitrogens is 1. The average molecular weight is 493 g/mol. The van der Waals surface area contributed by atoms with Crippen molar-refractivity contribution in [3.8, 4) is 0 Å². The number of ether oxygens (including phenoxy) is 1. The van der Waals surface area contributed by atoms with Crippen LogP contribution in [0.2, 0.25) is 5.02 Å². The van der Waals surface area contributed by atoms with E-state index in [1.54, 1.807) is 12.3 Å². The van der Waals surface area contributed by atoms with Crippen LogP contribution in [0.1, 0.15) is 46.4 Å². The molecular weight excluding hydrogens is 464 g/mol. The van der Waals surface area contributed by atoms with Crippen molar-refractivity contribution >= 4 is 45.7 Å². The van der Waals surface area contributed by atoms with Gasteiger partial charge in [-0.3, -0.25) is 19.5 Å². The number of pyridine rings is 1. The number of unbranched alkanes of at least 4 members (excludes halogenated alkanes) is 3. The molecule has 1 saturated heterocycles. The number of hydrogen-bond donors (Lipinski definition) is 1. The van der Waals surface area contributed by atoms with Gasteiger partial charge in [-0.05, 0) is 55.3 Å². The lowest BCUT2D eigenvalue weighted by molar-refractivity contribution is 0.0651. The highest BCUT2D eigenvalue weighted by atomic mass is 35.5. The third-order valence-corrected chi connectivity index (χ3v) is 6.89. The van der Waals surface area contributed by atoms with Crippen LogP contribution in [0, 0.1) is 0 Å². The summed E-state index contributed by atoms with van der Waals surface area (Å²) in [6, 6.07) is 13.3. The Morgan fingerprint density at radius 1 is 0.914 bits per heavy atom. The van der Waals surface area contributed by atoms with Crippen molar-refractivity contribution in [3.63, 3.8) is 0 Å². The van der Waals surface area contributed by atoms with E-state index in [2.05, 4.69) is 15.2 Å². The molecule has 2 amide bonds. The lowest BCUT2D eigenvalue weighted by atomic mass is 10.1. The standard InChI is InChI=1S/C27H29ClN4O3/c28-19-5-7-22-24(9-11-30-25(22)17-19)29-10-3-1-2-4-12-32-26(33)21-8-6-20(18-23(21)27(32)34)31-13-15-35-16-14-31/h5-9,11,17-18H,1-4,10,12-16H2,(H,29,30). The molecule has 1 N–H and O–H groups in total. The van der Waals surface area contributed by atoms with Gasteiger partial charge in [0.15, 0.2) is 0 Å². The second kappa shape index (κ2) is 10.6. The summed E-state index contributed by atoms with van der Waals surface area (Å²) in [6.07, 6.45) is 5.57. The van der Waals surface area contributed by atoms with Crippen LogP contribution in [-0.4, -0.2) is 61.1 Å². The van der Waals surface area contributed by atoms with E-state index in [4.69, 9.17) is 16.3 Å². The van der Waals surface area contributed by atoms with Crippen LogP contribution in [0.4, 0.5) is 11.4 Å². The number of rotatable bonds is 9. The number of benzene rings is 2. The van der Waals surface area contributed by atoms with E-state index in [1.807, 2.05) is 36.4 Å². The second-order valence-corrected chi connectivity index (χ2v) is 9.39. The van der Waals surface area contributed by atoms with Crippen molar-refractivity contribution in [1.82, 2.24) is 9.88 Å². The number of nitrogens with one attached hydrogen (secondary N) is 1. The maximum atomic E-state index is 12.9. The fourth-order valence-electron chi connectivity index (χ4n) is 4.75. The highest BCUT2D eigenvalue weighted by molar-refractivity contribution is 6.31. The molecule has 0 radical (unpaired) electrons. The Labute approximate surface area is 210 Å². The van der Waals surface area contributed by atoms with E-state index in [0.29, 0.717) is 35.9 Å². The highest BCUT2D eigenvalue weighted by Gasteiger charge is 2.35. The second-order valence-electron chi connectivity index (χ2n) is 8.95. The first-order valence-electron chi connectivity index (χ1n) is 12.2. The Balaban J connectivity index is 1.07. The molecule has 182 valence electrons. The van der Waals surface area contributed by atoms with Gasteiger partial charge in [0, 0.05) is 54.2 Å². The molecule has 2 aliphatic heterocycles. The van der Waals surface area contributed by atoms with E-state index >= 15 is 0 Å². The Bertz CT molecular complexity index is 1240. The summed E-state index contributed by atoms with van der Waals surface area (Å²) in [5, 5.41) is 5.22. The summed E-state index contributed by atoms with van der Waals surface area (Å²) < 4.78 is 5.41. The minimum absolute atomic E-state index is 0.175. The van der Waals surface area contributed by atoms with Crippen molar-refractivity contribution in [3.05, 3.63) is 64.8 Å². The first-order chi connectivity index (χ1) is 17.1. The van der Waals surface area contributed by atoms with Gasteiger partial charge in [0.1, 0.15) is 0 Å². The van der Waals surface area contributed by atoms with Gasteiger partial charge >= 0.3 is 0 Å². The fraction of sp³-hybridized carbons (Fsp3) is 0.370. The normalized spacial score (nSPS) is 15.7. The monoisotopic (exact) mass is 492 g/mol. The number of fused-ring (bicyclic) bond motifs is 2. The molecule has 0 saturated carbocycles. The molecule has 2 aromatic carbocycles. The smallest absolute Gasteiger partial charge is 0.261 e. The number of nitrogens with zero attached hydrogens (tertiary/aromatic N) is 3. The molecule has 0 unspecified atom stereocenters. The number of anilines is 2. The summed E-state index contributed by atoms with van der Waals surface area (Å²) in [4.78, 5) is 33.7. The van der Waals surface area contributed by atoms with Crippen molar-refractivity contribution in [2.24, 2.45) is 0 Å². The number of imide groups is 1. The SMILES string of the molecule is O=C1c2ccc(N3CCOCC3)cc2C(=O)N1CCCCCCNc1ccnc2cc(Cl)ccc12. The van der Waals surface area contributed by atoms with Gasteiger partial charge < -0.3 is 15.0 Å². The zero-order chi connectivity index (χ0) is 24.2. The third-order valence-electron chi connectivity index (χ3n) is 6.66. The number of carbonyl (C=O) groups is 2. The van der Waals surface area contributed by atoms with Gasteiger partial charge in [-0.25, -0.2) is 0 Å². The molecular formula is C27H29ClN4O3. The number of halogens is 1. The predicted octanol–water partition coefficient (Wildman–Crippen LogP) is 4.99. The Kier molecular flexibility index (Phi) is 7.16. The summed E-state index contributed by atoms with van der Waals surface area (Å²) in [7, 11) is 0. The molecule has 0 atom stereocenters. The largest absolute Gasteiger partial charge is 0.384 e. The van der Waals surface area contributed by atoms with Gasteiger partial charge in [-0.2, -0.15) is 0 Å². The maximum absolute atomic E-state index is 12.9. The van der Waals surface area contributed by atoms with Crippen molar-refractivity contribution < 1.29 is 14.3 Å². The molecule has 8 heteroatoms. The third kappa shape index (κ3) is 5.11. The Morgan fingerprint density at radius 2 is 1.71 bits per heavy atom. The molecule has 2 aliphatic rings. The average Bonchev–Trinajstić information content (AvgIpc) is 3.12. The van der Waals surface area contributed by atoms with Crippen LogP contribution in [0.15, 0.2) is 48.7 Å². The first kappa shape index (κ1) is 23.6. The fourth-order valence-corrected chi connectivity index (χ4v) is 4.91. The summed E-state index contributed by atoms with van der Waals surface area (Å²) in [6.45, 7) is 4.26. The van der Waals surface area contributed by atoms with Gasteiger partial charge in [-0.15, -0.1) is 0 Å². The number of morpholine rings is 1. The molecule has 0 spiro atoms. The number of hydrogen-bond acceptors (Lipinski definition) is 6. The van der Waals surface area contributed by atoms with E-state index in [1.165, 1.54) is 4.90 Å². The summed E-state index contributed by atoms with van der Waals surface area (Å²) in [5.74, 6) is -0.351. The molecule has 0 bridgehead atoms. The van der Waals surface area contributed by atoms with Crippen LogP contribution in [0.5, 0.6) is 0 Å². The topological polar surface area (TPSA) is 74.8 Å². The van der Waals surface area contributed by atoms with Crippen molar-refractivity contribution in [2.75, 3.05) is 49.6 Å². The Morgan fingerprint density at radius 3 is 2.57 bits per heavy atom. The summed E-state index contributed by atoms with van der Waals surface area (Å²) >= 11 is 6.06. The van der Waals surface area contributed by atoms with Crippen LogP contribution in [0.25, 0.3) is 10.9 Å². The molecule has 3 heterocycles. The van der Waals surface area contributed by atoms with E-state index in [-0.39, 0.29) is 11.8 Å². The lowest BCUT2D eigenvalue weighted by Gasteiger charge is -2.29. The molecule has 1 fully saturated rings. The zero-order valence-corrected chi connectivity index (χ0v) is 20.4. The van der Waals surface area contributed by atoms with Crippen LogP contribution >= 0.6 is 11.6 Å². The van der Waals surface area contributed by atoms with Gasteiger partial charge in [0.25, 0.3) is 11.8 Å². The number of carbonyl (C=O) groups excluding carboxylic acids is 2. The van der Waals surface area contributed by atoms with Crippen molar-refractivity contribution in [1.29, 1.82) is 0 Å². The van der Waals surface area contributed by atoms with E-state index in [0.717, 1.165) is 67.6 Å². The van der Waals surface area contributed by atoms with Crippen molar-refractivity contribution in [2.45, 2.75) is 25.7 Å². The van der Waals surface area contributed by atoms with Gasteiger partial charge in [-0.1, -0.05) is 24.4 Å². The molecule has 1 aromatic heterocycles. The molecule has 0 aliphatic carbocycles. The van der Waals surface area contributed by atoms with Gasteiger partial charge in [0.05, 0.1) is 29.9 Å². The van der Waals surface area contributed by atoms with E-state index < -0.39 is 0 Å².